The van der Waals surface area contributed by atoms with E-state index in [1.807, 2.05) is 7.11 Å². The van der Waals surface area contributed by atoms with Gasteiger partial charge in [0, 0.05) is 38.3 Å². The lowest BCUT2D eigenvalue weighted by Gasteiger charge is -2.45. The second-order valence-electron chi connectivity index (χ2n) is 6.89. The largest absolute Gasteiger partial charge is 0.379 e. The molecule has 0 bridgehead atoms. The average molecular weight is 256 g/mol. The maximum atomic E-state index is 5.53. The van der Waals surface area contributed by atoms with E-state index in [2.05, 4.69) is 44.8 Å². The molecule has 0 amide bonds. The Morgan fingerprint density at radius 3 is 2.61 bits per heavy atom. The Balaban J connectivity index is 2.56. The number of hydrogen-bond donors (Lipinski definition) is 1. The van der Waals surface area contributed by atoms with Crippen LogP contribution in [0.3, 0.4) is 0 Å². The van der Waals surface area contributed by atoms with Crippen molar-refractivity contribution in [3.05, 3.63) is 0 Å². The summed E-state index contributed by atoms with van der Waals surface area (Å²) >= 11 is 0. The van der Waals surface area contributed by atoms with Crippen LogP contribution in [-0.4, -0.2) is 48.8 Å². The number of ether oxygens (including phenoxy) is 1. The molecule has 0 aromatic heterocycles. The van der Waals surface area contributed by atoms with Crippen LogP contribution >= 0.6 is 0 Å². The van der Waals surface area contributed by atoms with Gasteiger partial charge in [-0.1, -0.05) is 13.3 Å². The molecular weight excluding hydrogens is 224 g/mol. The maximum absolute atomic E-state index is 5.53. The van der Waals surface area contributed by atoms with E-state index in [-0.39, 0.29) is 11.1 Å². The molecular formula is C15H32N2O. The number of hydrogen-bond acceptors (Lipinski definition) is 3. The van der Waals surface area contributed by atoms with Crippen molar-refractivity contribution in [2.75, 3.05) is 26.7 Å². The van der Waals surface area contributed by atoms with E-state index in [4.69, 9.17) is 4.74 Å². The van der Waals surface area contributed by atoms with Crippen molar-refractivity contribution >= 4 is 0 Å². The lowest BCUT2D eigenvalue weighted by atomic mass is 9.95. The summed E-state index contributed by atoms with van der Waals surface area (Å²) in [4.78, 5) is 2.65. The maximum Gasteiger partial charge on any atom is 0.0634 e. The van der Waals surface area contributed by atoms with Gasteiger partial charge in [-0.25, -0.2) is 0 Å². The van der Waals surface area contributed by atoms with Gasteiger partial charge in [-0.05, 0) is 40.5 Å². The van der Waals surface area contributed by atoms with E-state index in [1.54, 1.807) is 0 Å². The molecule has 1 rings (SSSR count). The Bertz CT molecular complexity index is 251. The molecule has 1 atom stereocenters. The lowest BCUT2D eigenvalue weighted by Crippen LogP contribution is -2.61. The molecule has 1 aliphatic rings. The van der Waals surface area contributed by atoms with Crippen LogP contribution in [0.4, 0.5) is 0 Å². The summed E-state index contributed by atoms with van der Waals surface area (Å²) in [6, 6.07) is 0.690. The van der Waals surface area contributed by atoms with Crippen molar-refractivity contribution in [3.63, 3.8) is 0 Å². The van der Waals surface area contributed by atoms with Gasteiger partial charge < -0.3 is 10.1 Å². The predicted molar refractivity (Wildman–Crippen MR) is 78.1 cm³/mol. The highest BCUT2D eigenvalue weighted by Crippen LogP contribution is 2.21. The molecule has 3 heteroatoms. The summed E-state index contributed by atoms with van der Waals surface area (Å²) < 4.78 is 5.53. The molecule has 3 nitrogen and oxygen atoms in total. The topological polar surface area (TPSA) is 24.5 Å². The Morgan fingerprint density at radius 2 is 2.06 bits per heavy atom. The molecule has 1 unspecified atom stereocenters. The highest BCUT2D eigenvalue weighted by molar-refractivity contribution is 4.92. The van der Waals surface area contributed by atoms with Crippen LogP contribution in [0.5, 0.6) is 0 Å². The van der Waals surface area contributed by atoms with Crippen molar-refractivity contribution in [3.8, 4) is 0 Å². The van der Waals surface area contributed by atoms with Crippen molar-refractivity contribution in [2.45, 2.75) is 71.1 Å². The van der Waals surface area contributed by atoms with Gasteiger partial charge in [0.05, 0.1) is 5.60 Å². The molecule has 108 valence electrons. The van der Waals surface area contributed by atoms with Gasteiger partial charge in [0.2, 0.25) is 0 Å². The molecule has 0 aliphatic carbocycles. The van der Waals surface area contributed by atoms with Crippen LogP contribution in [0.25, 0.3) is 0 Å². The molecule has 1 saturated heterocycles. The third-order valence-corrected chi connectivity index (χ3v) is 4.11. The number of nitrogens with zero attached hydrogens (tertiary/aromatic N) is 1. The first-order chi connectivity index (χ1) is 8.29. The predicted octanol–water partition coefficient (Wildman–Crippen LogP) is 2.65. The van der Waals surface area contributed by atoms with E-state index in [0.29, 0.717) is 6.04 Å². The minimum absolute atomic E-state index is 0.00815. The number of piperazine rings is 1. The summed E-state index contributed by atoms with van der Waals surface area (Å²) in [7, 11) is 1.81. The highest BCUT2D eigenvalue weighted by Gasteiger charge is 2.32. The third-order valence-electron chi connectivity index (χ3n) is 4.11. The van der Waals surface area contributed by atoms with Gasteiger partial charge in [0.1, 0.15) is 0 Å². The van der Waals surface area contributed by atoms with Gasteiger partial charge in [0.15, 0.2) is 0 Å². The molecule has 0 radical (unpaired) electrons. The van der Waals surface area contributed by atoms with Crippen molar-refractivity contribution in [2.24, 2.45) is 0 Å². The Kier molecular flexibility index (Phi) is 5.63. The van der Waals surface area contributed by atoms with Crippen LogP contribution in [0.1, 0.15) is 53.9 Å². The van der Waals surface area contributed by atoms with Gasteiger partial charge in [-0.2, -0.15) is 0 Å². The van der Waals surface area contributed by atoms with Crippen LogP contribution in [0, 0.1) is 0 Å². The summed E-state index contributed by atoms with van der Waals surface area (Å²) in [6.45, 7) is 14.6. The Labute approximate surface area is 113 Å². The van der Waals surface area contributed by atoms with E-state index < -0.39 is 0 Å². The second-order valence-corrected chi connectivity index (χ2v) is 6.89. The molecule has 1 N–H and O–H groups in total. The molecule has 1 aliphatic heterocycles. The highest BCUT2D eigenvalue weighted by atomic mass is 16.5. The van der Waals surface area contributed by atoms with Crippen molar-refractivity contribution < 1.29 is 4.74 Å². The minimum atomic E-state index is -0.00815. The third kappa shape index (κ3) is 4.87. The first-order valence-corrected chi connectivity index (χ1v) is 7.34. The van der Waals surface area contributed by atoms with Gasteiger partial charge >= 0.3 is 0 Å². The molecule has 0 aromatic carbocycles. The first-order valence-electron chi connectivity index (χ1n) is 7.34. The summed E-state index contributed by atoms with van der Waals surface area (Å²) in [5.74, 6) is 0. The van der Waals surface area contributed by atoms with Crippen LogP contribution in [0.2, 0.25) is 0 Å². The quantitative estimate of drug-likeness (QED) is 0.791. The number of nitrogens with one attached hydrogen (secondary N) is 1. The Morgan fingerprint density at radius 1 is 1.39 bits per heavy atom. The fraction of sp³-hybridized carbons (Fsp3) is 1.00. The number of methoxy groups -OCH3 is 1. The summed E-state index contributed by atoms with van der Waals surface area (Å²) in [6.07, 6.45) is 3.65. The SMILES string of the molecule is CCCC1CNC(C)(C)CN1CCC(C)(C)OC. The van der Waals surface area contributed by atoms with Gasteiger partial charge in [-0.3, -0.25) is 4.90 Å². The van der Waals surface area contributed by atoms with Gasteiger partial charge in [0.25, 0.3) is 0 Å². The fourth-order valence-corrected chi connectivity index (χ4v) is 2.61. The summed E-state index contributed by atoms with van der Waals surface area (Å²) in [5.41, 5.74) is 0.229. The first kappa shape index (κ1) is 15.9. The molecule has 1 fully saturated rings. The fourth-order valence-electron chi connectivity index (χ4n) is 2.61. The van der Waals surface area contributed by atoms with Crippen LogP contribution in [-0.2, 0) is 4.74 Å². The lowest BCUT2D eigenvalue weighted by molar-refractivity contribution is -0.00460. The monoisotopic (exact) mass is 256 g/mol. The minimum Gasteiger partial charge on any atom is -0.379 e. The molecule has 0 spiro atoms. The van der Waals surface area contributed by atoms with Crippen molar-refractivity contribution in [1.29, 1.82) is 0 Å². The zero-order valence-electron chi connectivity index (χ0n) is 13.2. The zero-order chi connectivity index (χ0) is 13.8. The average Bonchev–Trinajstić information content (AvgIpc) is 2.29. The molecule has 0 saturated carbocycles. The van der Waals surface area contributed by atoms with E-state index in [0.717, 1.165) is 26.1 Å². The smallest absolute Gasteiger partial charge is 0.0634 e. The molecule has 1 heterocycles. The Hall–Kier alpha value is -0.120. The van der Waals surface area contributed by atoms with Gasteiger partial charge in [-0.15, -0.1) is 0 Å². The van der Waals surface area contributed by atoms with Crippen LogP contribution in [0.15, 0.2) is 0 Å². The standard InChI is InChI=1S/C15H32N2O/c1-7-8-13-11-16-14(2,3)12-17(13)10-9-15(4,5)18-6/h13,16H,7-12H2,1-6H3. The zero-order valence-corrected chi connectivity index (χ0v) is 13.2. The second kappa shape index (κ2) is 6.36. The van der Waals surface area contributed by atoms with Crippen molar-refractivity contribution in [1.82, 2.24) is 10.2 Å². The van der Waals surface area contributed by atoms with E-state index in [1.165, 1.54) is 12.8 Å². The van der Waals surface area contributed by atoms with E-state index in [9.17, 15) is 0 Å². The summed E-state index contributed by atoms with van der Waals surface area (Å²) in [5, 5.41) is 3.66. The van der Waals surface area contributed by atoms with E-state index >= 15 is 0 Å². The normalized spacial score (nSPS) is 25.3. The number of rotatable bonds is 6. The van der Waals surface area contributed by atoms with Crippen LogP contribution < -0.4 is 5.32 Å². The molecule has 18 heavy (non-hydrogen) atoms. The molecule has 0 aromatic rings.